The van der Waals surface area contributed by atoms with Crippen molar-refractivity contribution in [1.29, 1.82) is 0 Å². The van der Waals surface area contributed by atoms with Crippen LogP contribution in [0.3, 0.4) is 0 Å². The topological polar surface area (TPSA) is 91.3 Å². The van der Waals surface area contributed by atoms with Crippen LogP contribution in [0.1, 0.15) is 47.5 Å². The molecular formula is C26H24ClFN4O3. The first-order chi connectivity index (χ1) is 16.8. The third-order valence-electron chi connectivity index (χ3n) is 5.97. The first-order valence-electron chi connectivity index (χ1n) is 11.3. The van der Waals surface area contributed by atoms with Crippen molar-refractivity contribution in [3.05, 3.63) is 76.5 Å². The SMILES string of the molecule is CC(O)c1ncc(CN(C)C(=O)c2ccc(-c3cc(F)cc(Cl)c3)c(OC3CC3)c2)c2[nH]ncc12. The van der Waals surface area contributed by atoms with E-state index in [-0.39, 0.29) is 23.6 Å². The number of ether oxygens (including phenoxy) is 1. The normalized spacial score (nSPS) is 14.2. The van der Waals surface area contributed by atoms with Crippen molar-refractivity contribution >= 4 is 28.4 Å². The van der Waals surface area contributed by atoms with Gasteiger partial charge in [-0.2, -0.15) is 5.10 Å². The first-order valence-corrected chi connectivity index (χ1v) is 11.7. The summed E-state index contributed by atoms with van der Waals surface area (Å²) >= 11 is 6.06. The van der Waals surface area contributed by atoms with E-state index < -0.39 is 11.9 Å². The van der Waals surface area contributed by atoms with Crippen molar-refractivity contribution in [2.75, 3.05) is 7.05 Å². The summed E-state index contributed by atoms with van der Waals surface area (Å²) in [5, 5.41) is 18.0. The van der Waals surface area contributed by atoms with Crippen molar-refractivity contribution in [1.82, 2.24) is 20.1 Å². The second kappa shape index (κ2) is 9.28. The predicted molar refractivity (Wildman–Crippen MR) is 131 cm³/mol. The van der Waals surface area contributed by atoms with Gasteiger partial charge in [0, 0.05) is 46.9 Å². The molecule has 1 aliphatic rings. The van der Waals surface area contributed by atoms with Crippen molar-refractivity contribution in [3.63, 3.8) is 0 Å². The maximum atomic E-state index is 14.0. The van der Waals surface area contributed by atoms with Crippen molar-refractivity contribution in [2.24, 2.45) is 0 Å². The number of rotatable bonds is 7. The van der Waals surface area contributed by atoms with Crippen LogP contribution in [0.5, 0.6) is 5.75 Å². The molecule has 2 N–H and O–H groups in total. The predicted octanol–water partition coefficient (Wildman–Crippen LogP) is 5.28. The van der Waals surface area contributed by atoms with E-state index in [1.165, 1.54) is 12.1 Å². The Hall–Kier alpha value is -3.49. The number of fused-ring (bicyclic) bond motifs is 1. The van der Waals surface area contributed by atoms with E-state index >= 15 is 0 Å². The summed E-state index contributed by atoms with van der Waals surface area (Å²) in [6.45, 7) is 1.93. The molecule has 0 aliphatic heterocycles. The second-order valence-electron chi connectivity index (χ2n) is 8.85. The van der Waals surface area contributed by atoms with Gasteiger partial charge in [0.15, 0.2) is 0 Å². The Bertz CT molecular complexity index is 1400. The minimum atomic E-state index is -0.736. The fourth-order valence-electron chi connectivity index (χ4n) is 4.07. The summed E-state index contributed by atoms with van der Waals surface area (Å²) < 4.78 is 20.1. The molecule has 2 aromatic carbocycles. The highest BCUT2D eigenvalue weighted by Crippen LogP contribution is 2.37. The molecule has 1 unspecified atom stereocenters. The number of aromatic nitrogens is 3. The molecule has 4 aromatic rings. The third-order valence-corrected chi connectivity index (χ3v) is 6.18. The molecule has 180 valence electrons. The van der Waals surface area contributed by atoms with Crippen LogP contribution in [0.2, 0.25) is 5.02 Å². The largest absolute Gasteiger partial charge is 0.490 e. The van der Waals surface area contributed by atoms with Gasteiger partial charge < -0.3 is 14.7 Å². The number of nitrogens with zero attached hydrogens (tertiary/aromatic N) is 3. The minimum Gasteiger partial charge on any atom is -0.490 e. The van der Waals surface area contributed by atoms with Crippen molar-refractivity contribution in [3.8, 4) is 16.9 Å². The summed E-state index contributed by atoms with van der Waals surface area (Å²) in [5.74, 6) is -0.126. The number of amides is 1. The first kappa shape index (κ1) is 23.3. The number of H-pyrrole nitrogens is 1. The van der Waals surface area contributed by atoms with E-state index in [0.717, 1.165) is 29.3 Å². The van der Waals surface area contributed by atoms with Gasteiger partial charge in [0.1, 0.15) is 11.6 Å². The standard InChI is InChI=1S/C26H24ClFN4O3/c1-14(33)24-22-12-30-31-25(22)17(11-29-24)13-32(2)26(34)15-3-6-21(23(9-15)35-20-4-5-20)16-7-18(27)10-19(28)8-16/h3,6-12,14,20,33H,4-5,13H2,1-2H3,(H,30,31). The molecule has 35 heavy (non-hydrogen) atoms. The van der Waals surface area contributed by atoms with Crippen LogP contribution in [0.25, 0.3) is 22.0 Å². The summed E-state index contributed by atoms with van der Waals surface area (Å²) in [5.41, 5.74) is 3.74. The number of halogens is 2. The summed E-state index contributed by atoms with van der Waals surface area (Å²) in [6.07, 6.45) is 4.50. The van der Waals surface area contributed by atoms with E-state index in [4.69, 9.17) is 16.3 Å². The van der Waals surface area contributed by atoms with Gasteiger partial charge >= 0.3 is 0 Å². The van der Waals surface area contributed by atoms with Gasteiger partial charge in [0.25, 0.3) is 5.91 Å². The van der Waals surface area contributed by atoms with Gasteiger partial charge in [-0.15, -0.1) is 0 Å². The fourth-order valence-corrected chi connectivity index (χ4v) is 4.30. The Morgan fingerprint density at radius 1 is 1.29 bits per heavy atom. The zero-order valence-electron chi connectivity index (χ0n) is 19.3. The molecule has 0 radical (unpaired) electrons. The average molecular weight is 495 g/mol. The Labute approximate surface area is 206 Å². The molecule has 1 atom stereocenters. The van der Waals surface area contributed by atoms with Gasteiger partial charge in [-0.25, -0.2) is 4.39 Å². The number of hydrogen-bond donors (Lipinski definition) is 2. The molecule has 5 rings (SSSR count). The molecule has 1 saturated carbocycles. The fraction of sp³-hybridized carbons (Fsp3) is 0.269. The van der Waals surface area contributed by atoms with Gasteiger partial charge in [-0.3, -0.25) is 14.9 Å². The van der Waals surface area contributed by atoms with Crippen molar-refractivity contribution in [2.45, 2.75) is 38.5 Å². The number of aromatic amines is 1. The lowest BCUT2D eigenvalue weighted by Crippen LogP contribution is -2.26. The highest BCUT2D eigenvalue weighted by atomic mass is 35.5. The lowest BCUT2D eigenvalue weighted by Gasteiger charge is -2.20. The number of nitrogens with one attached hydrogen (secondary N) is 1. The van der Waals surface area contributed by atoms with Gasteiger partial charge in [0.2, 0.25) is 0 Å². The Morgan fingerprint density at radius 2 is 2.09 bits per heavy atom. The number of aliphatic hydroxyl groups is 1. The molecule has 7 nitrogen and oxygen atoms in total. The number of aliphatic hydroxyl groups excluding tert-OH is 1. The Morgan fingerprint density at radius 3 is 2.80 bits per heavy atom. The number of pyridine rings is 1. The van der Waals surface area contributed by atoms with E-state index in [1.54, 1.807) is 55.5 Å². The van der Waals surface area contributed by atoms with E-state index in [1.807, 2.05) is 0 Å². The van der Waals surface area contributed by atoms with Gasteiger partial charge in [-0.05, 0) is 61.7 Å². The number of carbonyl (C=O) groups excluding carboxylic acids is 1. The average Bonchev–Trinajstić information content (AvgIpc) is 3.49. The minimum absolute atomic E-state index is 0.0908. The molecule has 0 bridgehead atoms. The van der Waals surface area contributed by atoms with Crippen LogP contribution < -0.4 is 4.74 Å². The van der Waals surface area contributed by atoms with E-state index in [2.05, 4.69) is 15.2 Å². The number of hydrogen-bond acceptors (Lipinski definition) is 5. The smallest absolute Gasteiger partial charge is 0.254 e. The van der Waals surface area contributed by atoms with E-state index in [0.29, 0.717) is 28.1 Å². The number of carbonyl (C=O) groups is 1. The maximum absolute atomic E-state index is 14.0. The summed E-state index contributed by atoms with van der Waals surface area (Å²) in [7, 11) is 1.70. The summed E-state index contributed by atoms with van der Waals surface area (Å²) in [6, 6.07) is 9.48. The lowest BCUT2D eigenvalue weighted by atomic mass is 10.0. The molecule has 9 heteroatoms. The molecule has 1 fully saturated rings. The Kier molecular flexibility index (Phi) is 6.17. The van der Waals surface area contributed by atoms with Crippen LogP contribution in [0.4, 0.5) is 4.39 Å². The van der Waals surface area contributed by atoms with Crippen LogP contribution >= 0.6 is 11.6 Å². The third kappa shape index (κ3) is 4.85. The molecule has 0 saturated heterocycles. The molecule has 1 amide bonds. The van der Waals surface area contributed by atoms with Crippen LogP contribution in [0, 0.1) is 5.82 Å². The highest BCUT2D eigenvalue weighted by molar-refractivity contribution is 6.30. The van der Waals surface area contributed by atoms with Crippen LogP contribution in [-0.2, 0) is 6.54 Å². The van der Waals surface area contributed by atoms with Gasteiger partial charge in [0.05, 0.1) is 29.6 Å². The molecular weight excluding hydrogens is 471 g/mol. The summed E-state index contributed by atoms with van der Waals surface area (Å²) in [4.78, 5) is 19.3. The number of benzene rings is 2. The quantitative estimate of drug-likeness (QED) is 0.364. The zero-order valence-corrected chi connectivity index (χ0v) is 20.0. The van der Waals surface area contributed by atoms with Crippen molar-refractivity contribution < 1.29 is 19.0 Å². The molecule has 2 heterocycles. The molecule has 1 aliphatic carbocycles. The molecule has 2 aromatic heterocycles. The monoisotopic (exact) mass is 494 g/mol. The van der Waals surface area contributed by atoms with Crippen LogP contribution in [-0.4, -0.2) is 44.2 Å². The van der Waals surface area contributed by atoms with E-state index in [9.17, 15) is 14.3 Å². The maximum Gasteiger partial charge on any atom is 0.254 e. The second-order valence-corrected chi connectivity index (χ2v) is 9.29. The Balaban J connectivity index is 1.43. The molecule has 0 spiro atoms. The van der Waals surface area contributed by atoms with Gasteiger partial charge in [-0.1, -0.05) is 11.6 Å². The lowest BCUT2D eigenvalue weighted by molar-refractivity contribution is 0.0785. The highest BCUT2D eigenvalue weighted by Gasteiger charge is 2.26. The van der Waals surface area contributed by atoms with Crippen LogP contribution in [0.15, 0.2) is 48.8 Å². The zero-order chi connectivity index (χ0) is 24.7.